The number of aliphatic carboxylic acids is 1. The van der Waals surface area contributed by atoms with Gasteiger partial charge in [0.15, 0.2) is 5.82 Å². The Hall–Kier alpha value is -2.70. The van der Waals surface area contributed by atoms with Crippen LogP contribution in [0, 0.1) is 0 Å². The van der Waals surface area contributed by atoms with Gasteiger partial charge in [-0.25, -0.2) is 4.98 Å². The molecule has 1 amide bonds. The van der Waals surface area contributed by atoms with Crippen LogP contribution in [-0.2, 0) is 11.2 Å². The van der Waals surface area contributed by atoms with Crippen molar-refractivity contribution in [3.05, 3.63) is 35.7 Å². The van der Waals surface area contributed by atoms with E-state index in [0.717, 1.165) is 17.8 Å². The van der Waals surface area contributed by atoms with Gasteiger partial charge >= 0.3 is 5.97 Å². The van der Waals surface area contributed by atoms with Gasteiger partial charge in [0, 0.05) is 17.5 Å². The molecular weight excluding hydrogens is 272 g/mol. The molecule has 21 heavy (non-hydrogen) atoms. The van der Waals surface area contributed by atoms with Crippen LogP contribution in [0.3, 0.4) is 0 Å². The molecule has 1 aromatic carbocycles. The second kappa shape index (κ2) is 6.17. The Bertz CT molecular complexity index is 648. The summed E-state index contributed by atoms with van der Waals surface area (Å²) in [5.74, 6) is -0.145. The van der Waals surface area contributed by atoms with Crippen LogP contribution in [0.15, 0.2) is 24.3 Å². The van der Waals surface area contributed by atoms with Gasteiger partial charge in [-0.1, -0.05) is 19.1 Å². The number of aromatic nitrogens is 3. The maximum absolute atomic E-state index is 11.8. The van der Waals surface area contributed by atoms with E-state index in [-0.39, 0.29) is 0 Å². The van der Waals surface area contributed by atoms with E-state index >= 15 is 0 Å². The van der Waals surface area contributed by atoms with E-state index in [1.165, 1.54) is 6.92 Å². The maximum atomic E-state index is 11.8. The minimum absolute atomic E-state index is 0.387. The van der Waals surface area contributed by atoms with Crippen LogP contribution in [0.4, 0.5) is 0 Å². The SMILES string of the molecule is CCc1nc(-c2ccc(C(=O)NC(C)C(=O)O)cc2)n[nH]1. The van der Waals surface area contributed by atoms with Crippen molar-refractivity contribution in [2.75, 3.05) is 0 Å². The molecule has 7 heteroatoms. The molecule has 0 bridgehead atoms. The highest BCUT2D eigenvalue weighted by Gasteiger charge is 2.15. The molecule has 0 aliphatic rings. The lowest BCUT2D eigenvalue weighted by Crippen LogP contribution is -2.38. The number of carboxylic acids is 1. The first-order valence-corrected chi connectivity index (χ1v) is 6.56. The van der Waals surface area contributed by atoms with Gasteiger partial charge in [-0.3, -0.25) is 14.7 Å². The van der Waals surface area contributed by atoms with E-state index in [1.807, 2.05) is 6.92 Å². The zero-order valence-corrected chi connectivity index (χ0v) is 11.8. The first-order valence-electron chi connectivity index (χ1n) is 6.56. The third kappa shape index (κ3) is 3.44. The Morgan fingerprint density at radius 3 is 2.52 bits per heavy atom. The van der Waals surface area contributed by atoms with Crippen LogP contribution in [0.2, 0.25) is 0 Å². The van der Waals surface area contributed by atoms with Gasteiger partial charge < -0.3 is 10.4 Å². The van der Waals surface area contributed by atoms with E-state index in [0.29, 0.717) is 11.4 Å². The zero-order chi connectivity index (χ0) is 15.4. The summed E-state index contributed by atoms with van der Waals surface area (Å²) in [5.41, 5.74) is 1.17. The van der Waals surface area contributed by atoms with Crippen molar-refractivity contribution in [1.82, 2.24) is 20.5 Å². The molecule has 0 fully saturated rings. The van der Waals surface area contributed by atoms with Crippen molar-refractivity contribution in [3.63, 3.8) is 0 Å². The lowest BCUT2D eigenvalue weighted by atomic mass is 10.1. The molecule has 0 radical (unpaired) electrons. The number of aryl methyl sites for hydroxylation is 1. The smallest absolute Gasteiger partial charge is 0.325 e. The highest BCUT2D eigenvalue weighted by Crippen LogP contribution is 2.15. The fraction of sp³-hybridized carbons (Fsp3) is 0.286. The standard InChI is InChI=1S/C14H16N4O3/c1-3-11-16-12(18-17-11)9-4-6-10(7-5-9)13(19)15-8(2)14(20)21/h4-8H,3H2,1-2H3,(H,15,19)(H,20,21)(H,16,17,18). The van der Waals surface area contributed by atoms with Crippen molar-refractivity contribution in [3.8, 4) is 11.4 Å². The molecular formula is C14H16N4O3. The second-order valence-electron chi connectivity index (χ2n) is 4.57. The largest absolute Gasteiger partial charge is 0.480 e. The Labute approximate surface area is 121 Å². The number of carbonyl (C=O) groups is 2. The molecule has 110 valence electrons. The van der Waals surface area contributed by atoms with Gasteiger partial charge in [-0.2, -0.15) is 5.10 Å². The van der Waals surface area contributed by atoms with E-state index in [2.05, 4.69) is 20.5 Å². The fourth-order valence-corrected chi connectivity index (χ4v) is 1.69. The molecule has 0 saturated heterocycles. The zero-order valence-electron chi connectivity index (χ0n) is 11.8. The molecule has 1 unspecified atom stereocenters. The Morgan fingerprint density at radius 1 is 1.33 bits per heavy atom. The van der Waals surface area contributed by atoms with Crippen molar-refractivity contribution >= 4 is 11.9 Å². The summed E-state index contributed by atoms with van der Waals surface area (Å²) < 4.78 is 0. The summed E-state index contributed by atoms with van der Waals surface area (Å²) in [6, 6.07) is 5.74. The minimum atomic E-state index is -1.08. The summed E-state index contributed by atoms with van der Waals surface area (Å²) in [6.07, 6.45) is 0.764. The van der Waals surface area contributed by atoms with Crippen molar-refractivity contribution in [1.29, 1.82) is 0 Å². The van der Waals surface area contributed by atoms with E-state index in [9.17, 15) is 9.59 Å². The maximum Gasteiger partial charge on any atom is 0.325 e. The first kappa shape index (κ1) is 14.7. The quantitative estimate of drug-likeness (QED) is 0.767. The minimum Gasteiger partial charge on any atom is -0.480 e. The second-order valence-corrected chi connectivity index (χ2v) is 4.57. The highest BCUT2D eigenvalue weighted by atomic mass is 16.4. The average Bonchev–Trinajstić information content (AvgIpc) is 2.96. The lowest BCUT2D eigenvalue weighted by molar-refractivity contribution is -0.138. The molecule has 0 aliphatic carbocycles. The van der Waals surface area contributed by atoms with Gasteiger partial charge in [0.1, 0.15) is 11.9 Å². The Kier molecular flexibility index (Phi) is 4.32. The summed E-state index contributed by atoms with van der Waals surface area (Å²) in [4.78, 5) is 26.8. The number of aromatic amines is 1. The molecule has 1 aromatic heterocycles. The number of nitrogens with zero attached hydrogens (tertiary/aromatic N) is 2. The highest BCUT2D eigenvalue weighted by molar-refractivity contribution is 5.96. The number of benzene rings is 1. The number of carboxylic acid groups (broad SMARTS) is 1. The number of hydrogen-bond donors (Lipinski definition) is 3. The lowest BCUT2D eigenvalue weighted by Gasteiger charge is -2.09. The molecule has 0 spiro atoms. The number of hydrogen-bond acceptors (Lipinski definition) is 4. The first-order chi connectivity index (χ1) is 10.0. The molecule has 0 saturated carbocycles. The van der Waals surface area contributed by atoms with Gasteiger partial charge in [0.2, 0.25) is 0 Å². The number of amides is 1. The fourth-order valence-electron chi connectivity index (χ4n) is 1.69. The molecule has 2 aromatic rings. The number of H-pyrrole nitrogens is 1. The average molecular weight is 288 g/mol. The van der Waals surface area contributed by atoms with Gasteiger partial charge in [0.25, 0.3) is 5.91 Å². The van der Waals surface area contributed by atoms with Gasteiger partial charge in [-0.05, 0) is 19.1 Å². The molecule has 1 atom stereocenters. The van der Waals surface area contributed by atoms with Crippen molar-refractivity contribution in [2.24, 2.45) is 0 Å². The number of rotatable bonds is 5. The molecule has 1 heterocycles. The van der Waals surface area contributed by atoms with Gasteiger partial charge in [-0.15, -0.1) is 0 Å². The molecule has 7 nitrogen and oxygen atoms in total. The molecule has 2 rings (SSSR count). The van der Waals surface area contributed by atoms with Crippen LogP contribution in [0.5, 0.6) is 0 Å². The summed E-state index contributed by atoms with van der Waals surface area (Å²) in [5, 5.41) is 18.1. The summed E-state index contributed by atoms with van der Waals surface area (Å²) in [7, 11) is 0. The van der Waals surface area contributed by atoms with Gasteiger partial charge in [0.05, 0.1) is 0 Å². The number of carbonyl (C=O) groups excluding carboxylic acids is 1. The Morgan fingerprint density at radius 2 is 2.00 bits per heavy atom. The van der Waals surface area contributed by atoms with Crippen molar-refractivity contribution < 1.29 is 14.7 Å². The van der Waals surface area contributed by atoms with Crippen LogP contribution < -0.4 is 5.32 Å². The van der Waals surface area contributed by atoms with Crippen LogP contribution >= 0.6 is 0 Å². The number of nitrogens with one attached hydrogen (secondary N) is 2. The van der Waals surface area contributed by atoms with E-state index in [1.54, 1.807) is 24.3 Å². The summed E-state index contributed by atoms with van der Waals surface area (Å²) >= 11 is 0. The molecule has 3 N–H and O–H groups in total. The normalized spacial score (nSPS) is 11.9. The third-order valence-electron chi connectivity index (χ3n) is 2.99. The predicted molar refractivity (Wildman–Crippen MR) is 75.8 cm³/mol. The van der Waals surface area contributed by atoms with Crippen LogP contribution in [0.1, 0.15) is 30.0 Å². The van der Waals surface area contributed by atoms with E-state index < -0.39 is 17.9 Å². The van der Waals surface area contributed by atoms with Crippen LogP contribution in [-0.4, -0.2) is 38.2 Å². The van der Waals surface area contributed by atoms with Crippen molar-refractivity contribution in [2.45, 2.75) is 26.3 Å². The predicted octanol–water partition coefficient (Wildman–Crippen LogP) is 1.24. The molecule has 0 aliphatic heterocycles. The monoisotopic (exact) mass is 288 g/mol. The summed E-state index contributed by atoms with van der Waals surface area (Å²) in [6.45, 7) is 3.38. The Balaban J connectivity index is 2.11. The van der Waals surface area contributed by atoms with Crippen LogP contribution in [0.25, 0.3) is 11.4 Å². The van der Waals surface area contributed by atoms with E-state index in [4.69, 9.17) is 5.11 Å². The third-order valence-corrected chi connectivity index (χ3v) is 2.99. The topological polar surface area (TPSA) is 108 Å².